The van der Waals surface area contributed by atoms with E-state index >= 15 is 0 Å². The van der Waals surface area contributed by atoms with Crippen molar-refractivity contribution in [2.24, 2.45) is 79.8 Å². The molecule has 13 nitrogen and oxygen atoms in total. The van der Waals surface area contributed by atoms with Crippen molar-refractivity contribution >= 4 is 29.6 Å². The van der Waals surface area contributed by atoms with E-state index in [1.165, 1.54) is 24.8 Å². The summed E-state index contributed by atoms with van der Waals surface area (Å²) in [6.45, 7) is 38.7. The molecule has 0 aromatic rings. The number of hydrogen-bond acceptors (Lipinski definition) is 9. The summed E-state index contributed by atoms with van der Waals surface area (Å²) in [5.74, 6) is 0.669. The standard InChI is InChI=1S/C63H109N5O8/c1-37(2)43-26-29-63(36-76-42(10)69)33-31-59(13)44(50(43)63)24-25-47-60(59,14)30-32-62(16)58(11,12)48(27-28-61(47,62)15)64-55(71)41(9)54(75-21)45-23-22-34-68(45)49(70)35-46(74-20)52(39(5)6)67(19)57(73)51(38(3)4)65-56(72)53(40(7)8)66(17)18/h38-41,43-48,50-54H,1,22-36H2,2-21H3,(H,64,71)(H,65,72)/t41-,43+,44?,45?,46-,47?,48+,50-,51+,52+,53+,54-,59-,60-,61-,62+,63-/m1/s1. The molecule has 17 atom stereocenters. The molecular formula is C63H109N5O8. The molecule has 1 aliphatic heterocycles. The summed E-state index contributed by atoms with van der Waals surface area (Å²) >= 11 is 0. The van der Waals surface area contributed by atoms with Gasteiger partial charge in [0.15, 0.2) is 0 Å². The Kier molecular flexibility index (Phi) is 19.0. The van der Waals surface area contributed by atoms with E-state index in [-0.39, 0.29) is 98.3 Å². The molecule has 434 valence electrons. The molecule has 4 amide bonds. The number of likely N-dealkylation sites (N-methyl/N-ethyl adjacent to an activating group) is 2. The molecule has 0 radical (unpaired) electrons. The third-order valence-corrected chi connectivity index (χ3v) is 23.7. The fourth-order valence-corrected chi connectivity index (χ4v) is 18.8. The quantitative estimate of drug-likeness (QED) is 0.0899. The lowest BCUT2D eigenvalue weighted by Crippen LogP contribution is -2.71. The second-order valence-electron chi connectivity index (χ2n) is 28.6. The van der Waals surface area contributed by atoms with Crippen molar-refractivity contribution in [3.63, 3.8) is 0 Å². The molecule has 13 heteroatoms. The summed E-state index contributed by atoms with van der Waals surface area (Å²) in [7, 11) is 8.77. The monoisotopic (exact) mass is 1060 g/mol. The van der Waals surface area contributed by atoms with E-state index in [1.807, 2.05) is 72.4 Å². The zero-order valence-corrected chi connectivity index (χ0v) is 51.6. The zero-order valence-electron chi connectivity index (χ0n) is 51.6. The van der Waals surface area contributed by atoms with Crippen LogP contribution in [0.4, 0.5) is 0 Å². The Hall–Kier alpha value is -3.03. The minimum absolute atomic E-state index is 0.0228. The van der Waals surface area contributed by atoms with Gasteiger partial charge in [-0.2, -0.15) is 0 Å². The molecule has 1 saturated heterocycles. The van der Waals surface area contributed by atoms with E-state index in [2.05, 4.69) is 65.7 Å². The van der Waals surface area contributed by atoms with Gasteiger partial charge in [0, 0.05) is 46.2 Å². The number of ether oxygens (including phenoxy) is 3. The van der Waals surface area contributed by atoms with E-state index in [4.69, 9.17) is 14.2 Å². The number of hydrogen-bond donors (Lipinski definition) is 2. The summed E-state index contributed by atoms with van der Waals surface area (Å²) in [6, 6.07) is -1.92. The van der Waals surface area contributed by atoms with Crippen LogP contribution in [-0.2, 0) is 38.2 Å². The van der Waals surface area contributed by atoms with E-state index in [9.17, 15) is 24.0 Å². The first-order chi connectivity index (χ1) is 35.3. The van der Waals surface area contributed by atoms with Gasteiger partial charge in [0.05, 0.1) is 49.3 Å². The average Bonchev–Trinajstić information content (AvgIpc) is 3.98. The highest BCUT2D eigenvalue weighted by Gasteiger charge is 2.74. The van der Waals surface area contributed by atoms with Crippen LogP contribution in [-0.4, -0.2) is 135 Å². The molecule has 5 aliphatic carbocycles. The van der Waals surface area contributed by atoms with Crippen molar-refractivity contribution in [2.45, 2.75) is 230 Å². The van der Waals surface area contributed by atoms with Crippen molar-refractivity contribution in [3.8, 4) is 0 Å². The number of likely N-dealkylation sites (tertiary alicyclic amines) is 1. The topological polar surface area (TPSA) is 147 Å². The molecule has 3 unspecified atom stereocenters. The number of allylic oxidation sites excluding steroid dienone is 1. The molecule has 0 spiro atoms. The van der Waals surface area contributed by atoms with E-state index in [1.54, 1.807) is 33.1 Å². The number of methoxy groups -OCH3 is 2. The largest absolute Gasteiger partial charge is 0.465 e. The highest BCUT2D eigenvalue weighted by molar-refractivity contribution is 5.90. The molecule has 6 aliphatic rings. The Balaban J connectivity index is 1.15. The molecule has 1 heterocycles. The summed E-state index contributed by atoms with van der Waals surface area (Å²) in [4.78, 5) is 75.1. The summed E-state index contributed by atoms with van der Waals surface area (Å²) in [6.07, 6.45) is 11.6. The maximum Gasteiger partial charge on any atom is 0.302 e. The number of esters is 1. The second kappa shape index (κ2) is 23.2. The van der Waals surface area contributed by atoms with Gasteiger partial charge in [-0.25, -0.2) is 0 Å². The Morgan fingerprint density at radius 2 is 1.37 bits per heavy atom. The number of nitrogens with zero attached hydrogens (tertiary/aromatic N) is 3. The fraction of sp³-hybridized carbons (Fsp3) is 0.889. The van der Waals surface area contributed by atoms with Crippen LogP contribution in [0.1, 0.15) is 187 Å². The summed E-state index contributed by atoms with van der Waals surface area (Å²) < 4.78 is 18.3. The van der Waals surface area contributed by atoms with Crippen LogP contribution in [0.3, 0.4) is 0 Å². The van der Waals surface area contributed by atoms with Gasteiger partial charge >= 0.3 is 5.97 Å². The number of rotatable bonds is 20. The van der Waals surface area contributed by atoms with Crippen molar-refractivity contribution in [1.29, 1.82) is 0 Å². The number of nitrogens with one attached hydrogen (secondary N) is 2. The van der Waals surface area contributed by atoms with Crippen LogP contribution in [0.15, 0.2) is 12.2 Å². The lowest BCUT2D eigenvalue weighted by molar-refractivity contribution is -0.270. The molecule has 5 saturated carbocycles. The van der Waals surface area contributed by atoms with Crippen molar-refractivity contribution in [1.82, 2.24) is 25.3 Å². The van der Waals surface area contributed by atoms with Crippen molar-refractivity contribution in [3.05, 3.63) is 12.2 Å². The summed E-state index contributed by atoms with van der Waals surface area (Å²) in [5, 5.41) is 6.73. The van der Waals surface area contributed by atoms with Gasteiger partial charge in [-0.3, -0.25) is 28.9 Å². The Morgan fingerprint density at radius 3 is 1.92 bits per heavy atom. The fourth-order valence-electron chi connectivity index (χ4n) is 18.8. The van der Waals surface area contributed by atoms with Gasteiger partial charge < -0.3 is 34.6 Å². The van der Waals surface area contributed by atoms with Crippen LogP contribution in [0, 0.1) is 79.8 Å². The second-order valence-corrected chi connectivity index (χ2v) is 28.6. The smallest absolute Gasteiger partial charge is 0.302 e. The SMILES string of the molecule is C=C(C)[C@@H]1CC[C@]2(COC(C)=O)CC[C@]3(C)C(CCC4[C@@]5(C)CC[C@H](NC(=O)[C@H](C)[C@@H](OC)C6CCCN6C(=O)C[C@@H](OC)[C@H](C(C)C)N(C)C(=O)[C@@H](NC(=O)[C@H](C(C)C)N(C)C)C(C)C)C(C)(C)[C@]5(C)CC[C@]43C)[C@@H]12. The Bertz CT molecular complexity index is 2120. The Morgan fingerprint density at radius 1 is 0.724 bits per heavy atom. The zero-order chi connectivity index (χ0) is 57.0. The Labute approximate surface area is 461 Å². The summed E-state index contributed by atoms with van der Waals surface area (Å²) in [5.41, 5.74) is 1.49. The van der Waals surface area contributed by atoms with Crippen LogP contribution < -0.4 is 10.6 Å². The first-order valence-corrected chi connectivity index (χ1v) is 29.9. The van der Waals surface area contributed by atoms with Crippen LogP contribution >= 0.6 is 0 Å². The highest BCUT2D eigenvalue weighted by atomic mass is 16.5. The number of carbonyl (C=O) groups excluding carboxylic acids is 5. The maximum atomic E-state index is 14.8. The number of fused-ring (bicyclic) bond motifs is 7. The first kappa shape index (κ1) is 62.2. The van der Waals surface area contributed by atoms with Gasteiger partial charge in [-0.05, 0) is 167 Å². The molecule has 0 aromatic carbocycles. The van der Waals surface area contributed by atoms with E-state index in [0.717, 1.165) is 57.8 Å². The van der Waals surface area contributed by atoms with Gasteiger partial charge in [0.1, 0.15) is 6.04 Å². The minimum atomic E-state index is -0.757. The predicted molar refractivity (Wildman–Crippen MR) is 303 cm³/mol. The molecule has 76 heavy (non-hydrogen) atoms. The molecule has 6 rings (SSSR count). The lowest BCUT2D eigenvalue weighted by Gasteiger charge is -2.76. The van der Waals surface area contributed by atoms with Gasteiger partial charge in [-0.15, -0.1) is 0 Å². The molecule has 2 N–H and O–H groups in total. The predicted octanol–water partition coefficient (Wildman–Crippen LogP) is 10.3. The number of carbonyl (C=O) groups is 5. The van der Waals surface area contributed by atoms with Crippen LogP contribution in [0.25, 0.3) is 0 Å². The lowest BCUT2D eigenvalue weighted by atomic mass is 9.29. The highest BCUT2D eigenvalue weighted by Crippen LogP contribution is 2.80. The normalized spacial score (nSPS) is 36.2. The minimum Gasteiger partial charge on any atom is -0.465 e. The molecule has 0 aromatic heterocycles. The van der Waals surface area contributed by atoms with E-state index < -0.39 is 36.3 Å². The maximum absolute atomic E-state index is 14.8. The number of amides is 4. The average molecular weight is 1060 g/mol. The third-order valence-electron chi connectivity index (χ3n) is 23.7. The van der Waals surface area contributed by atoms with Crippen molar-refractivity contribution in [2.75, 3.05) is 48.5 Å². The third kappa shape index (κ3) is 10.6. The molecule has 6 fully saturated rings. The van der Waals surface area contributed by atoms with E-state index in [0.29, 0.717) is 36.8 Å². The van der Waals surface area contributed by atoms with Gasteiger partial charge in [0.2, 0.25) is 23.6 Å². The van der Waals surface area contributed by atoms with Crippen LogP contribution in [0.2, 0.25) is 0 Å². The first-order valence-electron chi connectivity index (χ1n) is 29.9. The molecular weight excluding hydrogens is 955 g/mol. The van der Waals surface area contributed by atoms with Gasteiger partial charge in [0.25, 0.3) is 0 Å². The molecule has 0 bridgehead atoms. The van der Waals surface area contributed by atoms with Crippen molar-refractivity contribution < 1.29 is 38.2 Å². The van der Waals surface area contributed by atoms with Gasteiger partial charge in [-0.1, -0.05) is 102 Å². The van der Waals surface area contributed by atoms with Crippen LogP contribution in [0.5, 0.6) is 0 Å².